The summed E-state index contributed by atoms with van der Waals surface area (Å²) in [4.78, 5) is 71.3. The number of aliphatic carboxylic acids is 2. The maximum Gasteiger partial charge on any atom is 0.328 e. The van der Waals surface area contributed by atoms with E-state index in [4.69, 9.17) is 5.11 Å². The van der Waals surface area contributed by atoms with Gasteiger partial charge in [0.05, 0.1) is 0 Å². The Bertz CT molecular complexity index is 879. The van der Waals surface area contributed by atoms with E-state index < -0.39 is 18.0 Å². The summed E-state index contributed by atoms with van der Waals surface area (Å²) in [6, 6.07) is -1.18. The fraction of sp³-hybridized carbons (Fsp3) is 0.812. The first kappa shape index (κ1) is 38.0. The normalized spacial score (nSPS) is 15.5. The van der Waals surface area contributed by atoms with Gasteiger partial charge >= 0.3 is 11.9 Å². The molecular formula is C32H55N3O8. The van der Waals surface area contributed by atoms with Gasteiger partial charge in [-0.05, 0) is 25.7 Å². The van der Waals surface area contributed by atoms with Gasteiger partial charge in [0.1, 0.15) is 6.04 Å². The molecule has 0 aromatic heterocycles. The molecule has 0 spiro atoms. The molecule has 11 nitrogen and oxygen atoms in total. The Morgan fingerprint density at radius 3 is 1.58 bits per heavy atom. The zero-order valence-electron chi connectivity index (χ0n) is 26.2. The predicted molar refractivity (Wildman–Crippen MR) is 163 cm³/mol. The monoisotopic (exact) mass is 609 g/mol. The smallest absolute Gasteiger partial charge is 0.328 e. The maximum absolute atomic E-state index is 12.2. The molecule has 0 saturated carbocycles. The van der Waals surface area contributed by atoms with E-state index in [9.17, 15) is 33.9 Å². The first-order valence-corrected chi connectivity index (χ1v) is 16.5. The number of rotatable bonds is 27. The second-order valence-corrected chi connectivity index (χ2v) is 11.9. The lowest BCUT2D eigenvalue weighted by Crippen LogP contribution is -2.48. The molecule has 2 unspecified atom stereocenters. The molecular weight excluding hydrogens is 554 g/mol. The Morgan fingerprint density at radius 2 is 1.14 bits per heavy atom. The summed E-state index contributed by atoms with van der Waals surface area (Å²) in [6.07, 6.45) is 18.0. The molecule has 1 rings (SSSR count). The van der Waals surface area contributed by atoms with Gasteiger partial charge in [0, 0.05) is 44.7 Å². The van der Waals surface area contributed by atoms with Crippen molar-refractivity contribution in [1.29, 1.82) is 0 Å². The third-order valence-corrected chi connectivity index (χ3v) is 7.94. The molecule has 1 aliphatic rings. The third kappa shape index (κ3) is 19.0. The largest absolute Gasteiger partial charge is 0.481 e. The molecule has 4 N–H and O–H groups in total. The topological polar surface area (TPSA) is 170 Å². The number of likely N-dealkylation sites (tertiary alicyclic amines) is 1. The van der Waals surface area contributed by atoms with Gasteiger partial charge in [-0.2, -0.15) is 0 Å². The van der Waals surface area contributed by atoms with E-state index in [-0.39, 0.29) is 61.8 Å². The lowest BCUT2D eigenvalue weighted by atomic mass is 10.0. The number of carboxylic acid groups (broad SMARTS) is 2. The van der Waals surface area contributed by atoms with E-state index >= 15 is 0 Å². The Morgan fingerprint density at radius 1 is 0.698 bits per heavy atom. The highest BCUT2D eigenvalue weighted by molar-refractivity contribution is 6.03. The molecule has 1 fully saturated rings. The number of unbranched alkanes of at least 4 members (excludes halogenated alkanes) is 15. The lowest BCUT2D eigenvalue weighted by molar-refractivity contribution is -0.142. The Kier molecular flexibility index (Phi) is 20.8. The van der Waals surface area contributed by atoms with Crippen LogP contribution in [-0.4, -0.2) is 69.8 Å². The summed E-state index contributed by atoms with van der Waals surface area (Å²) in [6.45, 7) is 1.92. The van der Waals surface area contributed by atoms with Crippen LogP contribution in [0.3, 0.4) is 0 Å². The highest BCUT2D eigenvalue weighted by Crippen LogP contribution is 2.19. The number of hydrogen-bond donors (Lipinski definition) is 4. The van der Waals surface area contributed by atoms with Gasteiger partial charge in [0.15, 0.2) is 0 Å². The molecule has 11 heteroatoms. The average molecular weight is 610 g/mol. The number of amides is 4. The molecule has 0 bridgehead atoms. The highest BCUT2D eigenvalue weighted by Gasteiger charge is 2.34. The van der Waals surface area contributed by atoms with Crippen LogP contribution in [0.5, 0.6) is 0 Å². The van der Waals surface area contributed by atoms with Crippen LogP contribution in [0.2, 0.25) is 0 Å². The first-order valence-electron chi connectivity index (χ1n) is 16.5. The van der Waals surface area contributed by atoms with Gasteiger partial charge in [-0.1, -0.05) is 90.4 Å². The van der Waals surface area contributed by atoms with Crippen LogP contribution in [-0.2, 0) is 28.8 Å². The Hall–Kier alpha value is -2.98. The van der Waals surface area contributed by atoms with Crippen molar-refractivity contribution in [2.45, 2.75) is 148 Å². The average Bonchev–Trinajstić information content (AvgIpc) is 3.20. The maximum atomic E-state index is 12.2. The van der Waals surface area contributed by atoms with Crippen molar-refractivity contribution in [3.8, 4) is 0 Å². The molecule has 2 atom stereocenters. The van der Waals surface area contributed by atoms with Crippen LogP contribution in [0.25, 0.3) is 0 Å². The minimum Gasteiger partial charge on any atom is -0.481 e. The van der Waals surface area contributed by atoms with E-state index in [0.717, 1.165) is 38.5 Å². The molecule has 1 heterocycles. The minimum absolute atomic E-state index is 0.140. The Balaban J connectivity index is 1.99. The third-order valence-electron chi connectivity index (χ3n) is 7.94. The van der Waals surface area contributed by atoms with Crippen molar-refractivity contribution < 1.29 is 39.0 Å². The summed E-state index contributed by atoms with van der Waals surface area (Å²) in [7, 11) is 0. The number of carbonyl (C=O) groups is 6. The number of imide groups is 1. The van der Waals surface area contributed by atoms with Crippen LogP contribution in [0.15, 0.2) is 0 Å². The van der Waals surface area contributed by atoms with Gasteiger partial charge in [0.25, 0.3) is 0 Å². The molecule has 0 aromatic carbocycles. The van der Waals surface area contributed by atoms with Gasteiger partial charge in [-0.3, -0.25) is 28.9 Å². The fourth-order valence-corrected chi connectivity index (χ4v) is 5.27. The zero-order chi connectivity index (χ0) is 31.9. The van der Waals surface area contributed by atoms with E-state index in [1.54, 1.807) is 6.92 Å². The summed E-state index contributed by atoms with van der Waals surface area (Å²) < 4.78 is 0. The minimum atomic E-state index is -1.20. The van der Waals surface area contributed by atoms with Gasteiger partial charge in [0.2, 0.25) is 23.6 Å². The molecule has 246 valence electrons. The molecule has 43 heavy (non-hydrogen) atoms. The number of hydrogen-bond acceptors (Lipinski definition) is 6. The SMILES string of the molecule is CC1CC(=O)N(CCCCCC(=O)NCC(NC(=O)CCCCCCCCCCCCCCCCC(=O)O)C(=O)O)C1=O. The van der Waals surface area contributed by atoms with Crippen molar-refractivity contribution in [1.82, 2.24) is 15.5 Å². The van der Waals surface area contributed by atoms with E-state index in [1.165, 1.54) is 49.8 Å². The molecule has 4 amide bonds. The highest BCUT2D eigenvalue weighted by atomic mass is 16.4. The fourth-order valence-electron chi connectivity index (χ4n) is 5.27. The van der Waals surface area contributed by atoms with Gasteiger partial charge in [-0.15, -0.1) is 0 Å². The van der Waals surface area contributed by atoms with Crippen LogP contribution in [0.4, 0.5) is 0 Å². The molecule has 1 aliphatic heterocycles. The molecule has 0 aliphatic carbocycles. The van der Waals surface area contributed by atoms with Crippen molar-refractivity contribution in [2.75, 3.05) is 13.1 Å². The first-order chi connectivity index (χ1) is 20.6. The van der Waals surface area contributed by atoms with Crippen LogP contribution in [0, 0.1) is 5.92 Å². The lowest BCUT2D eigenvalue weighted by Gasteiger charge is -2.16. The van der Waals surface area contributed by atoms with Crippen molar-refractivity contribution in [3.63, 3.8) is 0 Å². The van der Waals surface area contributed by atoms with Crippen molar-refractivity contribution in [3.05, 3.63) is 0 Å². The van der Waals surface area contributed by atoms with Gasteiger partial charge in [-0.25, -0.2) is 4.79 Å². The number of nitrogens with one attached hydrogen (secondary N) is 2. The second-order valence-electron chi connectivity index (χ2n) is 11.9. The van der Waals surface area contributed by atoms with E-state index in [2.05, 4.69) is 10.6 Å². The van der Waals surface area contributed by atoms with Crippen LogP contribution >= 0.6 is 0 Å². The molecule has 0 aromatic rings. The van der Waals surface area contributed by atoms with Crippen molar-refractivity contribution in [2.24, 2.45) is 5.92 Å². The number of carboxylic acids is 2. The zero-order valence-corrected chi connectivity index (χ0v) is 26.2. The van der Waals surface area contributed by atoms with Crippen LogP contribution < -0.4 is 10.6 Å². The number of nitrogens with zero attached hydrogens (tertiary/aromatic N) is 1. The standard InChI is InChI=1S/C32H55N3O8/c1-25-23-29(38)35(31(25)41)22-18-14-16-19-27(36)33-24-26(32(42)43)34-28(37)20-15-12-10-8-6-4-2-3-5-7-9-11-13-17-21-30(39)40/h25-26H,2-24H2,1H3,(H,33,36)(H,34,37)(H,39,40)(H,42,43). The summed E-state index contributed by atoms with van der Waals surface area (Å²) in [5.41, 5.74) is 0. The summed E-state index contributed by atoms with van der Waals surface area (Å²) >= 11 is 0. The van der Waals surface area contributed by atoms with E-state index in [1.807, 2.05) is 0 Å². The van der Waals surface area contributed by atoms with Crippen molar-refractivity contribution >= 4 is 35.6 Å². The Labute approximate surface area is 256 Å². The summed E-state index contributed by atoms with van der Waals surface area (Å²) in [5, 5.41) is 23.1. The molecule has 1 saturated heterocycles. The van der Waals surface area contributed by atoms with E-state index in [0.29, 0.717) is 32.2 Å². The molecule has 0 radical (unpaired) electrons. The predicted octanol–water partition coefficient (Wildman–Crippen LogP) is 4.95. The number of carbonyl (C=O) groups excluding carboxylic acids is 4. The quantitative estimate of drug-likeness (QED) is 0.0748. The van der Waals surface area contributed by atoms with Gasteiger partial charge < -0.3 is 20.8 Å². The second kappa shape index (κ2) is 23.5. The summed E-state index contributed by atoms with van der Waals surface area (Å²) in [5.74, 6) is -3.08. The van der Waals surface area contributed by atoms with Crippen LogP contribution in [0.1, 0.15) is 142 Å².